The van der Waals surface area contributed by atoms with Crippen LogP contribution in [0, 0.1) is 0 Å². The van der Waals surface area contributed by atoms with E-state index in [4.69, 9.17) is 4.74 Å². The van der Waals surface area contributed by atoms with E-state index in [-0.39, 0.29) is 18.1 Å². The van der Waals surface area contributed by atoms with Gasteiger partial charge in [0.25, 0.3) is 5.92 Å². The summed E-state index contributed by atoms with van der Waals surface area (Å²) in [5, 5.41) is 5.41. The predicted molar refractivity (Wildman–Crippen MR) is 71.4 cm³/mol. The number of nitrogens with one attached hydrogen (secondary N) is 2. The number of carbonyl (C=O) groups excluding carboxylic acids is 1. The molecule has 1 amide bonds. The maximum atomic E-state index is 13.4. The van der Waals surface area contributed by atoms with Gasteiger partial charge in [-0.15, -0.1) is 0 Å². The average Bonchev–Trinajstić information content (AvgIpc) is 2.30. The number of halogens is 2. The van der Waals surface area contributed by atoms with Crippen LogP contribution in [0.2, 0.25) is 0 Å². The van der Waals surface area contributed by atoms with E-state index in [2.05, 4.69) is 10.6 Å². The maximum absolute atomic E-state index is 13.4. The van der Waals surface area contributed by atoms with Gasteiger partial charge in [0.1, 0.15) is 6.61 Å². The van der Waals surface area contributed by atoms with E-state index in [1.165, 1.54) is 0 Å². The first-order valence-electron chi connectivity index (χ1n) is 6.63. The molecule has 0 spiro atoms. The third-order valence-corrected chi connectivity index (χ3v) is 2.30. The molecule has 0 aliphatic rings. The molecule has 0 aliphatic carbocycles. The second kappa shape index (κ2) is 8.43. The molecule has 114 valence electrons. The zero-order valence-corrected chi connectivity index (χ0v) is 12.3. The zero-order valence-electron chi connectivity index (χ0n) is 12.3. The fourth-order valence-corrected chi connectivity index (χ4v) is 1.19. The number of alkyl halides is 2. The van der Waals surface area contributed by atoms with E-state index in [1.807, 2.05) is 20.8 Å². The minimum atomic E-state index is -2.88. The van der Waals surface area contributed by atoms with Crippen molar-refractivity contribution < 1.29 is 18.3 Å². The molecule has 0 aromatic heterocycles. The van der Waals surface area contributed by atoms with E-state index >= 15 is 0 Å². The van der Waals surface area contributed by atoms with E-state index in [0.29, 0.717) is 19.4 Å². The predicted octanol–water partition coefficient (Wildman–Crippen LogP) is 1.94. The van der Waals surface area contributed by atoms with Gasteiger partial charge in [-0.25, -0.2) is 8.78 Å². The Bertz CT molecular complexity index is 266. The van der Waals surface area contributed by atoms with Crippen LogP contribution in [0.1, 0.15) is 40.5 Å². The van der Waals surface area contributed by atoms with Gasteiger partial charge in [0.15, 0.2) is 0 Å². The molecule has 0 radical (unpaired) electrons. The van der Waals surface area contributed by atoms with Crippen LogP contribution in [0.5, 0.6) is 0 Å². The lowest BCUT2D eigenvalue weighted by molar-refractivity contribution is -0.120. The number of carbonyl (C=O) groups is 1. The van der Waals surface area contributed by atoms with Crippen LogP contribution in [0.25, 0.3) is 0 Å². The molecule has 0 saturated heterocycles. The van der Waals surface area contributed by atoms with E-state index in [1.54, 1.807) is 6.92 Å². The average molecular weight is 280 g/mol. The summed E-state index contributed by atoms with van der Waals surface area (Å²) in [6.45, 7) is 6.93. The van der Waals surface area contributed by atoms with Crippen LogP contribution in [0.4, 0.5) is 8.78 Å². The van der Waals surface area contributed by atoms with E-state index in [9.17, 15) is 13.6 Å². The van der Waals surface area contributed by atoms with Crippen molar-refractivity contribution in [1.29, 1.82) is 0 Å². The minimum absolute atomic E-state index is 0.0419. The summed E-state index contributed by atoms with van der Waals surface area (Å²) in [5.41, 5.74) is -0.339. The Kier molecular flexibility index (Phi) is 8.09. The van der Waals surface area contributed by atoms with Crippen molar-refractivity contribution in [1.82, 2.24) is 10.6 Å². The molecular weight excluding hydrogens is 254 g/mol. The second-order valence-electron chi connectivity index (χ2n) is 5.57. The first kappa shape index (κ1) is 18.2. The fourth-order valence-electron chi connectivity index (χ4n) is 1.19. The molecule has 2 N–H and O–H groups in total. The summed E-state index contributed by atoms with van der Waals surface area (Å²) in [5.74, 6) is -2.92. The molecule has 0 heterocycles. The van der Waals surface area contributed by atoms with Gasteiger partial charge in [-0.1, -0.05) is 6.92 Å². The molecular formula is C13H26F2N2O2. The molecule has 0 rings (SSSR count). The van der Waals surface area contributed by atoms with Gasteiger partial charge in [-0.3, -0.25) is 4.79 Å². The SMILES string of the molecule is CCC(=O)NCCCOCC(F)(F)CNC(C)(C)C. The molecule has 0 aromatic carbocycles. The molecule has 6 heteroatoms. The first-order valence-corrected chi connectivity index (χ1v) is 6.63. The van der Waals surface area contributed by atoms with Gasteiger partial charge in [0.05, 0.1) is 6.54 Å². The summed E-state index contributed by atoms with van der Waals surface area (Å²) < 4.78 is 31.7. The quantitative estimate of drug-likeness (QED) is 0.635. The highest BCUT2D eigenvalue weighted by molar-refractivity contribution is 5.75. The molecule has 0 aromatic rings. The van der Waals surface area contributed by atoms with Crippen molar-refractivity contribution in [3.63, 3.8) is 0 Å². The largest absolute Gasteiger partial charge is 0.375 e. The Morgan fingerprint density at radius 1 is 1.26 bits per heavy atom. The normalized spacial score (nSPS) is 12.5. The molecule has 0 bridgehead atoms. The van der Waals surface area contributed by atoms with Gasteiger partial charge < -0.3 is 15.4 Å². The smallest absolute Gasteiger partial charge is 0.283 e. The number of rotatable bonds is 9. The van der Waals surface area contributed by atoms with Gasteiger partial charge in [0, 0.05) is 25.1 Å². The van der Waals surface area contributed by atoms with E-state index in [0.717, 1.165) is 0 Å². The minimum Gasteiger partial charge on any atom is -0.375 e. The van der Waals surface area contributed by atoms with Crippen LogP contribution < -0.4 is 10.6 Å². The van der Waals surface area contributed by atoms with E-state index < -0.39 is 19.1 Å². The zero-order chi connectivity index (χ0) is 14.9. The second-order valence-corrected chi connectivity index (χ2v) is 5.57. The molecule has 0 aliphatic heterocycles. The topological polar surface area (TPSA) is 50.4 Å². The Morgan fingerprint density at radius 2 is 1.89 bits per heavy atom. The highest BCUT2D eigenvalue weighted by Gasteiger charge is 2.30. The van der Waals surface area contributed by atoms with Crippen molar-refractivity contribution in [3.05, 3.63) is 0 Å². The highest BCUT2D eigenvalue weighted by Crippen LogP contribution is 2.14. The lowest BCUT2D eigenvalue weighted by Crippen LogP contribution is -2.45. The van der Waals surface area contributed by atoms with Gasteiger partial charge >= 0.3 is 0 Å². The third kappa shape index (κ3) is 12.0. The van der Waals surface area contributed by atoms with Crippen LogP contribution in [-0.2, 0) is 9.53 Å². The summed E-state index contributed by atoms with van der Waals surface area (Å²) in [4.78, 5) is 10.9. The van der Waals surface area contributed by atoms with Gasteiger partial charge in [-0.2, -0.15) is 0 Å². The Labute approximate surface area is 114 Å². The van der Waals surface area contributed by atoms with Crippen LogP contribution >= 0.6 is 0 Å². The van der Waals surface area contributed by atoms with Crippen molar-refractivity contribution in [2.45, 2.75) is 52.0 Å². The van der Waals surface area contributed by atoms with Crippen molar-refractivity contribution in [3.8, 4) is 0 Å². The first-order chi connectivity index (χ1) is 8.66. The lowest BCUT2D eigenvalue weighted by Gasteiger charge is -2.25. The van der Waals surface area contributed by atoms with Gasteiger partial charge in [0.2, 0.25) is 5.91 Å². The molecule has 0 unspecified atom stereocenters. The van der Waals surface area contributed by atoms with Crippen molar-refractivity contribution >= 4 is 5.91 Å². The molecule has 19 heavy (non-hydrogen) atoms. The third-order valence-electron chi connectivity index (χ3n) is 2.30. The fraction of sp³-hybridized carbons (Fsp3) is 0.923. The number of amides is 1. The monoisotopic (exact) mass is 280 g/mol. The number of hydrogen-bond donors (Lipinski definition) is 2. The Balaban J connectivity index is 3.61. The number of hydrogen-bond acceptors (Lipinski definition) is 3. The summed E-state index contributed by atoms with van der Waals surface area (Å²) in [7, 11) is 0. The van der Waals surface area contributed by atoms with Crippen LogP contribution in [0.3, 0.4) is 0 Å². The lowest BCUT2D eigenvalue weighted by atomic mass is 10.1. The number of ether oxygens (including phenoxy) is 1. The molecule has 0 saturated carbocycles. The molecule has 4 nitrogen and oxygen atoms in total. The Hall–Kier alpha value is -0.750. The summed E-state index contributed by atoms with van der Waals surface area (Å²) in [6, 6.07) is 0. The maximum Gasteiger partial charge on any atom is 0.283 e. The van der Waals surface area contributed by atoms with Crippen molar-refractivity contribution in [2.24, 2.45) is 0 Å². The van der Waals surface area contributed by atoms with Crippen molar-refractivity contribution in [2.75, 3.05) is 26.3 Å². The standard InChI is InChI=1S/C13H26F2N2O2/c1-5-11(18)16-7-6-8-19-10-13(14,15)9-17-12(2,3)4/h17H,5-10H2,1-4H3,(H,16,18). The van der Waals surface area contributed by atoms with Gasteiger partial charge in [-0.05, 0) is 27.2 Å². The molecule has 0 atom stereocenters. The van der Waals surface area contributed by atoms with Crippen LogP contribution in [0.15, 0.2) is 0 Å². The molecule has 0 fully saturated rings. The summed E-state index contributed by atoms with van der Waals surface area (Å²) >= 11 is 0. The van der Waals surface area contributed by atoms with Crippen LogP contribution in [-0.4, -0.2) is 43.7 Å². The highest BCUT2D eigenvalue weighted by atomic mass is 19.3. The summed E-state index contributed by atoms with van der Waals surface area (Å²) in [6.07, 6.45) is 0.964. The Morgan fingerprint density at radius 3 is 2.42 bits per heavy atom.